The SMILES string of the molecule is C[C@H]1CN(CC(N)=O)Cc2cc(C(=O)Nc3ccc(CN4CC5CCC4CN5C)c(C(F)(F)F)c3)ccc21. The van der Waals surface area contributed by atoms with Crippen LogP contribution in [0.4, 0.5) is 18.9 Å². The first-order chi connectivity index (χ1) is 18.0. The summed E-state index contributed by atoms with van der Waals surface area (Å²) in [5.41, 5.74) is 7.31. The van der Waals surface area contributed by atoms with Gasteiger partial charge in [0.25, 0.3) is 5.91 Å². The normalized spacial score (nSPS) is 24.3. The van der Waals surface area contributed by atoms with Gasteiger partial charge in [-0.3, -0.25) is 19.4 Å². The second kappa shape index (κ2) is 10.3. The summed E-state index contributed by atoms with van der Waals surface area (Å²) < 4.78 is 42.2. The number of benzene rings is 2. The van der Waals surface area contributed by atoms with Gasteiger partial charge in [0.1, 0.15) is 0 Å². The van der Waals surface area contributed by atoms with Crippen molar-refractivity contribution < 1.29 is 22.8 Å². The molecule has 3 fully saturated rings. The first kappa shape index (κ1) is 26.6. The molecule has 0 aromatic heterocycles. The Bertz CT molecular complexity index is 1230. The fourth-order valence-corrected chi connectivity index (χ4v) is 6.29. The second-order valence-electron chi connectivity index (χ2n) is 11.0. The number of primary amides is 1. The number of likely N-dealkylation sites (N-methyl/N-ethyl adjacent to an activating group) is 1. The maximum Gasteiger partial charge on any atom is 0.416 e. The number of anilines is 1. The van der Waals surface area contributed by atoms with Gasteiger partial charge >= 0.3 is 6.18 Å². The molecule has 3 atom stereocenters. The highest BCUT2D eigenvalue weighted by Crippen LogP contribution is 2.37. The van der Waals surface area contributed by atoms with Crippen molar-refractivity contribution in [3.05, 3.63) is 64.2 Å². The largest absolute Gasteiger partial charge is 0.416 e. The summed E-state index contributed by atoms with van der Waals surface area (Å²) in [6.45, 7) is 5.21. The minimum Gasteiger partial charge on any atom is -0.369 e. The molecule has 3 N–H and O–H groups in total. The third kappa shape index (κ3) is 5.57. The van der Waals surface area contributed by atoms with Crippen LogP contribution < -0.4 is 11.1 Å². The number of hydrogen-bond acceptors (Lipinski definition) is 5. The van der Waals surface area contributed by atoms with E-state index >= 15 is 0 Å². The summed E-state index contributed by atoms with van der Waals surface area (Å²) in [4.78, 5) is 30.8. The highest BCUT2D eigenvalue weighted by atomic mass is 19.4. The zero-order valence-corrected chi connectivity index (χ0v) is 21.7. The number of nitrogens with one attached hydrogen (secondary N) is 1. The van der Waals surface area contributed by atoms with E-state index in [1.807, 2.05) is 17.9 Å². The molecule has 2 unspecified atom stereocenters. The Morgan fingerprint density at radius 3 is 2.47 bits per heavy atom. The van der Waals surface area contributed by atoms with Gasteiger partial charge in [0.2, 0.25) is 5.91 Å². The Kier molecular flexibility index (Phi) is 7.23. The second-order valence-corrected chi connectivity index (χ2v) is 11.0. The van der Waals surface area contributed by atoms with E-state index in [0.29, 0.717) is 24.7 Å². The number of piperidine rings is 2. The van der Waals surface area contributed by atoms with Gasteiger partial charge in [0.15, 0.2) is 0 Å². The minimum absolute atomic E-state index is 0.104. The van der Waals surface area contributed by atoms with E-state index < -0.39 is 23.6 Å². The molecule has 2 aromatic carbocycles. The average molecular weight is 530 g/mol. The Labute approximate surface area is 220 Å². The summed E-state index contributed by atoms with van der Waals surface area (Å²) in [5.74, 6) is -0.740. The number of alkyl halides is 3. The summed E-state index contributed by atoms with van der Waals surface area (Å²) in [6, 6.07) is 10.0. The number of amides is 2. The van der Waals surface area contributed by atoms with Crippen LogP contribution in [0.2, 0.25) is 0 Å². The molecule has 4 aliphatic heterocycles. The molecule has 0 spiro atoms. The fourth-order valence-electron chi connectivity index (χ4n) is 6.29. The van der Waals surface area contributed by atoms with Crippen LogP contribution in [0.15, 0.2) is 36.4 Å². The number of halogens is 3. The van der Waals surface area contributed by atoms with Gasteiger partial charge in [-0.15, -0.1) is 0 Å². The maximum atomic E-state index is 14.1. The van der Waals surface area contributed by atoms with Crippen molar-refractivity contribution in [3.63, 3.8) is 0 Å². The van der Waals surface area contributed by atoms with Crippen molar-refractivity contribution in [2.75, 3.05) is 38.5 Å². The van der Waals surface area contributed by atoms with E-state index in [-0.39, 0.29) is 36.3 Å². The number of carbonyl (C=O) groups excluding carboxylic acids is 2. The number of fused-ring (bicyclic) bond motifs is 4. The van der Waals surface area contributed by atoms with Crippen LogP contribution in [0.3, 0.4) is 0 Å². The van der Waals surface area contributed by atoms with Crippen LogP contribution >= 0.6 is 0 Å². The molecular weight excluding hydrogens is 495 g/mol. The number of carbonyl (C=O) groups is 2. The van der Waals surface area contributed by atoms with E-state index in [1.165, 1.54) is 6.07 Å². The van der Waals surface area contributed by atoms with Crippen LogP contribution in [-0.2, 0) is 24.1 Å². The van der Waals surface area contributed by atoms with Gasteiger partial charge < -0.3 is 16.0 Å². The zero-order valence-electron chi connectivity index (χ0n) is 21.7. The molecule has 6 rings (SSSR count). The standard InChI is InChI=1S/C28H34F3N5O2/c1-17-11-35(16-26(32)37)12-20-9-18(4-8-24(17)20)27(38)33-21-5-3-19(25(10-21)28(29,30)31)13-36-15-22-6-7-23(36)14-34(22)2/h3-5,8-10,17,22-23H,6-7,11-16H2,1-2H3,(H2,32,37)(H,33,38)/t17-,22?,23?/m0/s1. The molecule has 38 heavy (non-hydrogen) atoms. The van der Waals surface area contributed by atoms with E-state index in [0.717, 1.165) is 43.1 Å². The van der Waals surface area contributed by atoms with Gasteiger partial charge in [0.05, 0.1) is 12.1 Å². The van der Waals surface area contributed by atoms with E-state index in [4.69, 9.17) is 5.73 Å². The van der Waals surface area contributed by atoms with Crippen molar-refractivity contribution in [1.82, 2.24) is 14.7 Å². The highest BCUT2D eigenvalue weighted by molar-refractivity contribution is 6.04. The Morgan fingerprint density at radius 1 is 1.05 bits per heavy atom. The van der Waals surface area contributed by atoms with E-state index in [9.17, 15) is 22.8 Å². The Balaban J connectivity index is 1.33. The lowest BCUT2D eigenvalue weighted by Crippen LogP contribution is -2.60. The van der Waals surface area contributed by atoms with Crippen molar-refractivity contribution >= 4 is 17.5 Å². The number of nitrogens with zero attached hydrogens (tertiary/aromatic N) is 3. The molecule has 4 aliphatic rings. The number of rotatable bonds is 6. The predicted molar refractivity (Wildman–Crippen MR) is 139 cm³/mol. The molecule has 4 heterocycles. The molecule has 0 radical (unpaired) electrons. The fraction of sp³-hybridized carbons (Fsp3) is 0.500. The first-order valence-corrected chi connectivity index (χ1v) is 13.1. The predicted octanol–water partition coefficient (Wildman–Crippen LogP) is 3.64. The first-order valence-electron chi connectivity index (χ1n) is 13.1. The molecule has 10 heteroatoms. The molecule has 0 aliphatic carbocycles. The van der Waals surface area contributed by atoms with Crippen molar-refractivity contribution in [2.45, 2.75) is 57.0 Å². The van der Waals surface area contributed by atoms with Crippen molar-refractivity contribution in [3.8, 4) is 0 Å². The third-order valence-electron chi connectivity index (χ3n) is 8.20. The minimum atomic E-state index is -4.53. The lowest BCUT2D eigenvalue weighted by molar-refractivity contribution is -0.138. The topological polar surface area (TPSA) is 81.9 Å². The summed E-state index contributed by atoms with van der Waals surface area (Å²) in [5, 5.41) is 2.65. The van der Waals surface area contributed by atoms with Crippen molar-refractivity contribution in [2.24, 2.45) is 5.73 Å². The molecule has 2 aromatic rings. The van der Waals surface area contributed by atoms with Crippen LogP contribution in [-0.4, -0.2) is 71.8 Å². The van der Waals surface area contributed by atoms with Gasteiger partial charge in [-0.25, -0.2) is 0 Å². The molecule has 3 saturated heterocycles. The molecule has 7 nitrogen and oxygen atoms in total. The van der Waals surface area contributed by atoms with Crippen LogP contribution in [0.25, 0.3) is 0 Å². The molecule has 204 valence electrons. The van der Waals surface area contributed by atoms with Gasteiger partial charge in [-0.2, -0.15) is 13.2 Å². The maximum absolute atomic E-state index is 14.1. The number of hydrogen-bond donors (Lipinski definition) is 2. The van der Waals surface area contributed by atoms with Gasteiger partial charge in [0, 0.05) is 56.1 Å². The average Bonchev–Trinajstić information content (AvgIpc) is 2.84. The summed E-state index contributed by atoms with van der Waals surface area (Å²) in [7, 11) is 2.08. The molecule has 2 bridgehead atoms. The van der Waals surface area contributed by atoms with Crippen LogP contribution in [0, 0.1) is 0 Å². The van der Waals surface area contributed by atoms with E-state index in [2.05, 4.69) is 22.2 Å². The smallest absolute Gasteiger partial charge is 0.369 e. The third-order valence-corrected chi connectivity index (χ3v) is 8.20. The van der Waals surface area contributed by atoms with E-state index in [1.54, 1.807) is 18.2 Å². The monoisotopic (exact) mass is 529 g/mol. The zero-order chi connectivity index (χ0) is 27.2. The molecule has 2 amide bonds. The summed E-state index contributed by atoms with van der Waals surface area (Å²) >= 11 is 0. The van der Waals surface area contributed by atoms with Crippen LogP contribution in [0.5, 0.6) is 0 Å². The van der Waals surface area contributed by atoms with Gasteiger partial charge in [-0.1, -0.05) is 19.1 Å². The lowest BCUT2D eigenvalue weighted by Gasteiger charge is -2.50. The highest BCUT2D eigenvalue weighted by Gasteiger charge is 2.39. The summed E-state index contributed by atoms with van der Waals surface area (Å²) in [6.07, 6.45) is -2.45. The Morgan fingerprint density at radius 2 is 1.82 bits per heavy atom. The number of piperazine rings is 1. The van der Waals surface area contributed by atoms with Crippen LogP contribution in [0.1, 0.15) is 58.3 Å². The van der Waals surface area contributed by atoms with Crippen molar-refractivity contribution in [1.29, 1.82) is 0 Å². The number of nitrogens with two attached hydrogens (primary N) is 1. The Hall–Kier alpha value is -2.95. The molecular formula is C28H34F3N5O2. The lowest BCUT2D eigenvalue weighted by atomic mass is 9.89. The van der Waals surface area contributed by atoms with Gasteiger partial charge in [-0.05, 0) is 66.8 Å². The quantitative estimate of drug-likeness (QED) is 0.597. The molecule has 0 saturated carbocycles.